The summed E-state index contributed by atoms with van der Waals surface area (Å²) >= 11 is 0. The first kappa shape index (κ1) is 21.1. The van der Waals surface area contributed by atoms with E-state index in [4.69, 9.17) is 4.74 Å². The number of hydrogen-bond acceptors (Lipinski definition) is 4. The molecule has 1 amide bonds. The molecule has 0 aromatic heterocycles. The average Bonchev–Trinajstić information content (AvgIpc) is 2.68. The summed E-state index contributed by atoms with van der Waals surface area (Å²) in [5.41, 5.74) is 2.12. The molecule has 1 aliphatic heterocycles. The topological polar surface area (TPSA) is 75.7 Å². The van der Waals surface area contributed by atoms with Crippen molar-refractivity contribution in [3.8, 4) is 5.75 Å². The molecule has 0 saturated carbocycles. The predicted octanol–water partition coefficient (Wildman–Crippen LogP) is 4.10. The molecule has 6 nitrogen and oxygen atoms in total. The van der Waals surface area contributed by atoms with Crippen molar-refractivity contribution in [1.82, 2.24) is 0 Å². The monoisotopic (exact) mass is 420 g/mol. The summed E-state index contributed by atoms with van der Waals surface area (Å²) in [6.07, 6.45) is 2.85. The van der Waals surface area contributed by atoms with Gasteiger partial charge in [0.15, 0.2) is 11.6 Å². The molecule has 3 rings (SSSR count). The standard InChI is InChI=1S/C21H25FN2O4S/c1-3-5-12-24-19-9-7-16(13-15(19)6-11-21(24)25)23-29(26,27)17-8-10-20(28-4-2)18(22)14-17/h7-10,13-14,23H,3-6,11-12H2,1-2H3. The van der Waals surface area contributed by atoms with Gasteiger partial charge in [-0.05, 0) is 61.7 Å². The van der Waals surface area contributed by atoms with E-state index in [0.29, 0.717) is 25.1 Å². The van der Waals surface area contributed by atoms with Crippen LogP contribution in [0.3, 0.4) is 0 Å². The van der Waals surface area contributed by atoms with E-state index in [-0.39, 0.29) is 23.2 Å². The van der Waals surface area contributed by atoms with Crippen molar-refractivity contribution in [2.75, 3.05) is 22.8 Å². The first-order valence-corrected chi connectivity index (χ1v) is 11.2. The van der Waals surface area contributed by atoms with E-state index in [2.05, 4.69) is 11.6 Å². The van der Waals surface area contributed by atoms with Crippen LogP contribution in [0.4, 0.5) is 15.8 Å². The third-order valence-corrected chi connectivity index (χ3v) is 6.16. The summed E-state index contributed by atoms with van der Waals surface area (Å²) in [6.45, 7) is 4.72. The van der Waals surface area contributed by atoms with Crippen LogP contribution >= 0.6 is 0 Å². The van der Waals surface area contributed by atoms with Crippen molar-refractivity contribution < 1.29 is 22.3 Å². The zero-order valence-electron chi connectivity index (χ0n) is 16.6. The van der Waals surface area contributed by atoms with Crippen molar-refractivity contribution in [2.45, 2.75) is 44.4 Å². The minimum absolute atomic E-state index is 0.0112. The Morgan fingerprint density at radius 2 is 1.93 bits per heavy atom. The fraction of sp³-hybridized carbons (Fsp3) is 0.381. The molecule has 0 atom stereocenters. The van der Waals surface area contributed by atoms with Crippen LogP contribution in [0.1, 0.15) is 38.7 Å². The van der Waals surface area contributed by atoms with Crippen LogP contribution in [-0.2, 0) is 21.2 Å². The number of carbonyl (C=O) groups excluding carboxylic acids is 1. The normalized spacial score (nSPS) is 13.9. The van der Waals surface area contributed by atoms with Gasteiger partial charge in [-0.3, -0.25) is 9.52 Å². The quantitative estimate of drug-likeness (QED) is 0.698. The van der Waals surface area contributed by atoms with Gasteiger partial charge in [-0.15, -0.1) is 0 Å². The summed E-state index contributed by atoms with van der Waals surface area (Å²) in [6, 6.07) is 8.68. The summed E-state index contributed by atoms with van der Waals surface area (Å²) in [5.74, 6) is -0.633. The second-order valence-corrected chi connectivity index (χ2v) is 8.56. The number of ether oxygens (including phenoxy) is 1. The number of nitrogens with zero attached hydrogens (tertiary/aromatic N) is 1. The van der Waals surface area contributed by atoms with Gasteiger partial charge in [0.1, 0.15) is 0 Å². The zero-order valence-corrected chi connectivity index (χ0v) is 17.4. The highest BCUT2D eigenvalue weighted by molar-refractivity contribution is 7.92. The van der Waals surface area contributed by atoms with Gasteiger partial charge in [0, 0.05) is 24.3 Å². The van der Waals surface area contributed by atoms with E-state index < -0.39 is 15.8 Å². The first-order valence-electron chi connectivity index (χ1n) is 9.74. The second kappa shape index (κ2) is 8.82. The maximum atomic E-state index is 14.1. The van der Waals surface area contributed by atoms with E-state index in [0.717, 1.165) is 30.2 Å². The van der Waals surface area contributed by atoms with Crippen LogP contribution < -0.4 is 14.4 Å². The molecular formula is C21H25FN2O4S. The van der Waals surface area contributed by atoms with Crippen LogP contribution in [0.15, 0.2) is 41.3 Å². The highest BCUT2D eigenvalue weighted by Gasteiger charge is 2.24. The Hall–Kier alpha value is -2.61. The summed E-state index contributed by atoms with van der Waals surface area (Å²) in [5, 5.41) is 0. The number of rotatable bonds is 8. The number of halogens is 1. The Kier molecular flexibility index (Phi) is 6.42. The molecule has 0 radical (unpaired) electrons. The Bertz CT molecular complexity index is 1010. The molecule has 2 aromatic rings. The number of benzene rings is 2. The molecule has 0 saturated heterocycles. The molecular weight excluding hydrogens is 395 g/mol. The summed E-state index contributed by atoms with van der Waals surface area (Å²) in [4.78, 5) is 13.8. The lowest BCUT2D eigenvalue weighted by atomic mass is 10.00. The Labute approximate surface area is 170 Å². The van der Waals surface area contributed by atoms with E-state index in [9.17, 15) is 17.6 Å². The lowest BCUT2D eigenvalue weighted by molar-refractivity contribution is -0.118. The molecule has 0 unspecified atom stereocenters. The molecule has 156 valence electrons. The van der Waals surface area contributed by atoms with Crippen molar-refractivity contribution in [3.63, 3.8) is 0 Å². The number of carbonyl (C=O) groups is 1. The van der Waals surface area contributed by atoms with Crippen LogP contribution in [0.5, 0.6) is 5.75 Å². The van der Waals surface area contributed by atoms with E-state index in [1.807, 2.05) is 0 Å². The van der Waals surface area contributed by atoms with Gasteiger partial charge >= 0.3 is 0 Å². The van der Waals surface area contributed by atoms with Crippen LogP contribution in [0, 0.1) is 5.82 Å². The zero-order chi connectivity index (χ0) is 21.0. The number of nitrogens with one attached hydrogen (secondary N) is 1. The summed E-state index contributed by atoms with van der Waals surface area (Å²) < 4.78 is 47.0. The van der Waals surface area contributed by atoms with Crippen molar-refractivity contribution in [1.29, 1.82) is 0 Å². The third kappa shape index (κ3) is 4.70. The number of sulfonamides is 1. The van der Waals surface area contributed by atoms with Gasteiger partial charge in [0.2, 0.25) is 5.91 Å². The molecule has 2 aromatic carbocycles. The highest BCUT2D eigenvalue weighted by Crippen LogP contribution is 2.31. The van der Waals surface area contributed by atoms with Gasteiger partial charge in [-0.1, -0.05) is 13.3 Å². The molecule has 0 aliphatic carbocycles. The van der Waals surface area contributed by atoms with Gasteiger partial charge in [0.05, 0.1) is 11.5 Å². The molecule has 1 aliphatic rings. The van der Waals surface area contributed by atoms with Crippen LogP contribution in [-0.4, -0.2) is 27.5 Å². The molecule has 0 fully saturated rings. The Balaban J connectivity index is 1.83. The van der Waals surface area contributed by atoms with Gasteiger partial charge < -0.3 is 9.64 Å². The molecule has 1 N–H and O–H groups in total. The minimum atomic E-state index is -3.96. The van der Waals surface area contributed by atoms with Gasteiger partial charge in [0.25, 0.3) is 10.0 Å². The number of amides is 1. The molecule has 29 heavy (non-hydrogen) atoms. The summed E-state index contributed by atoms with van der Waals surface area (Å²) in [7, 11) is -3.96. The fourth-order valence-corrected chi connectivity index (χ4v) is 4.38. The van der Waals surface area contributed by atoms with Crippen LogP contribution in [0.25, 0.3) is 0 Å². The molecule has 0 bridgehead atoms. The van der Waals surface area contributed by atoms with Crippen molar-refractivity contribution in [2.24, 2.45) is 0 Å². The number of hydrogen-bond donors (Lipinski definition) is 1. The van der Waals surface area contributed by atoms with Crippen molar-refractivity contribution in [3.05, 3.63) is 47.8 Å². The van der Waals surface area contributed by atoms with E-state index >= 15 is 0 Å². The number of fused-ring (bicyclic) bond motifs is 1. The predicted molar refractivity (Wildman–Crippen MR) is 110 cm³/mol. The Morgan fingerprint density at radius 3 is 2.62 bits per heavy atom. The van der Waals surface area contributed by atoms with Gasteiger partial charge in [-0.25, -0.2) is 12.8 Å². The van der Waals surface area contributed by atoms with Crippen molar-refractivity contribution >= 4 is 27.3 Å². The number of unbranched alkanes of at least 4 members (excludes halogenated alkanes) is 1. The Morgan fingerprint density at radius 1 is 1.14 bits per heavy atom. The third-order valence-electron chi connectivity index (χ3n) is 4.78. The largest absolute Gasteiger partial charge is 0.491 e. The lowest BCUT2D eigenvalue weighted by Crippen LogP contribution is -2.35. The minimum Gasteiger partial charge on any atom is -0.491 e. The number of anilines is 2. The SMILES string of the molecule is CCCCN1C(=O)CCc2cc(NS(=O)(=O)c3ccc(OCC)c(F)c3)ccc21. The smallest absolute Gasteiger partial charge is 0.262 e. The molecule has 1 heterocycles. The maximum Gasteiger partial charge on any atom is 0.262 e. The maximum absolute atomic E-state index is 14.1. The van der Waals surface area contributed by atoms with E-state index in [1.54, 1.807) is 30.0 Å². The molecule has 8 heteroatoms. The first-order chi connectivity index (χ1) is 13.9. The number of aryl methyl sites for hydroxylation is 1. The molecule has 0 spiro atoms. The second-order valence-electron chi connectivity index (χ2n) is 6.87. The highest BCUT2D eigenvalue weighted by atomic mass is 32.2. The lowest BCUT2D eigenvalue weighted by Gasteiger charge is -2.29. The fourth-order valence-electron chi connectivity index (χ4n) is 3.32. The van der Waals surface area contributed by atoms with E-state index in [1.165, 1.54) is 12.1 Å². The average molecular weight is 421 g/mol. The van der Waals surface area contributed by atoms with Crippen LogP contribution in [0.2, 0.25) is 0 Å². The van der Waals surface area contributed by atoms with Gasteiger partial charge in [-0.2, -0.15) is 0 Å².